The number of hydrogen-bond donors (Lipinski definition) is 3. The van der Waals surface area contributed by atoms with Crippen LogP contribution in [0.2, 0.25) is 0 Å². The highest BCUT2D eigenvalue weighted by Crippen LogP contribution is 2.32. The Kier molecular flexibility index (Phi) is 3.53. The van der Waals surface area contributed by atoms with E-state index >= 15 is 0 Å². The first-order chi connectivity index (χ1) is 8.59. The maximum Gasteiger partial charge on any atom is 0.125 e. The summed E-state index contributed by atoms with van der Waals surface area (Å²) in [6, 6.07) is 7.36. The van der Waals surface area contributed by atoms with E-state index in [1.54, 1.807) is 0 Å². The number of nitrogen functional groups attached to an aromatic ring is 1. The topological polar surface area (TPSA) is 84.2 Å². The predicted molar refractivity (Wildman–Crippen MR) is 69.3 cm³/mol. The summed E-state index contributed by atoms with van der Waals surface area (Å²) < 4.78 is 5.67. The second-order valence-electron chi connectivity index (χ2n) is 4.35. The van der Waals surface area contributed by atoms with Crippen LogP contribution in [-0.4, -0.2) is 21.4 Å². The van der Waals surface area contributed by atoms with E-state index in [0.29, 0.717) is 22.7 Å². The van der Waals surface area contributed by atoms with Gasteiger partial charge in [0.2, 0.25) is 0 Å². The summed E-state index contributed by atoms with van der Waals surface area (Å²) in [5.41, 5.74) is 6.94. The monoisotopic (exact) mass is 247 g/mol. The van der Waals surface area contributed by atoms with Gasteiger partial charge in [-0.25, -0.2) is 0 Å². The molecule has 1 aromatic heterocycles. The van der Waals surface area contributed by atoms with Crippen molar-refractivity contribution in [3.8, 4) is 5.75 Å². The van der Waals surface area contributed by atoms with Crippen molar-refractivity contribution in [2.45, 2.75) is 26.1 Å². The summed E-state index contributed by atoms with van der Waals surface area (Å²) in [4.78, 5) is 0. The lowest BCUT2D eigenvalue weighted by atomic mass is 10.0. The van der Waals surface area contributed by atoms with Gasteiger partial charge in [-0.05, 0) is 19.9 Å². The van der Waals surface area contributed by atoms with Gasteiger partial charge in [-0.3, -0.25) is 5.10 Å². The molecule has 0 bridgehead atoms. The Hall–Kier alpha value is -2.01. The number of hydrogen-bond acceptors (Lipinski definition) is 4. The molecule has 2 rings (SSSR count). The molecule has 1 aromatic carbocycles. The fraction of sp³-hybridized carbons (Fsp3) is 0.308. The van der Waals surface area contributed by atoms with Crippen LogP contribution in [0.1, 0.15) is 31.1 Å². The van der Waals surface area contributed by atoms with Gasteiger partial charge in [0, 0.05) is 11.1 Å². The molecule has 0 aliphatic heterocycles. The molecule has 2 aromatic rings. The Morgan fingerprint density at radius 2 is 2.00 bits per heavy atom. The third-order valence-electron chi connectivity index (χ3n) is 2.57. The van der Waals surface area contributed by atoms with Crippen LogP contribution in [0.5, 0.6) is 5.75 Å². The molecule has 0 spiro atoms. The molecule has 0 saturated heterocycles. The summed E-state index contributed by atoms with van der Waals surface area (Å²) in [5.74, 6) is 1.02. The van der Waals surface area contributed by atoms with E-state index in [1.807, 2.05) is 38.1 Å². The van der Waals surface area contributed by atoms with Gasteiger partial charge in [-0.1, -0.05) is 18.2 Å². The molecule has 18 heavy (non-hydrogen) atoms. The van der Waals surface area contributed by atoms with Crippen molar-refractivity contribution in [3.63, 3.8) is 0 Å². The first-order valence-corrected chi connectivity index (χ1v) is 5.82. The molecule has 0 aliphatic carbocycles. The molecule has 1 heterocycles. The molecular formula is C13H17N3O2. The van der Waals surface area contributed by atoms with Crippen LogP contribution < -0.4 is 10.5 Å². The number of aliphatic hydroxyl groups excluding tert-OH is 1. The van der Waals surface area contributed by atoms with E-state index in [9.17, 15) is 5.11 Å². The second-order valence-corrected chi connectivity index (χ2v) is 4.35. The number of rotatable bonds is 4. The minimum absolute atomic E-state index is 0.0417. The molecule has 5 heteroatoms. The molecule has 0 saturated carbocycles. The van der Waals surface area contributed by atoms with Crippen molar-refractivity contribution in [1.82, 2.24) is 10.2 Å². The Balaban J connectivity index is 2.36. The number of aromatic amines is 1. The fourth-order valence-corrected chi connectivity index (χ4v) is 1.76. The predicted octanol–water partition coefficient (Wildman–Crippen LogP) is 1.86. The van der Waals surface area contributed by atoms with E-state index in [-0.39, 0.29) is 6.10 Å². The summed E-state index contributed by atoms with van der Waals surface area (Å²) >= 11 is 0. The lowest BCUT2D eigenvalue weighted by molar-refractivity contribution is 0.198. The standard InChI is InChI=1S/C13H17N3O2/c1-8(2)18-11-6-4-3-5-9(11)12(17)10-7-15-16-13(10)14/h3-8,12,17H,1-2H3,(H3,14,15,16). The largest absolute Gasteiger partial charge is 0.491 e. The second kappa shape index (κ2) is 5.10. The van der Waals surface area contributed by atoms with Crippen LogP contribution in [0.4, 0.5) is 5.82 Å². The van der Waals surface area contributed by atoms with Gasteiger partial charge in [0.15, 0.2) is 0 Å². The average molecular weight is 247 g/mol. The maximum atomic E-state index is 10.3. The number of H-pyrrole nitrogens is 1. The van der Waals surface area contributed by atoms with Crippen LogP contribution in [0.3, 0.4) is 0 Å². The smallest absolute Gasteiger partial charge is 0.125 e. The van der Waals surface area contributed by atoms with Crippen LogP contribution in [0.15, 0.2) is 30.5 Å². The fourth-order valence-electron chi connectivity index (χ4n) is 1.76. The molecule has 1 atom stereocenters. The lowest BCUT2D eigenvalue weighted by Gasteiger charge is -2.17. The van der Waals surface area contributed by atoms with Crippen LogP contribution in [-0.2, 0) is 0 Å². The average Bonchev–Trinajstić information content (AvgIpc) is 2.74. The molecule has 5 nitrogen and oxygen atoms in total. The number of benzene rings is 1. The van der Waals surface area contributed by atoms with Crippen molar-refractivity contribution >= 4 is 5.82 Å². The normalized spacial score (nSPS) is 12.7. The number of ether oxygens (including phenoxy) is 1. The summed E-state index contributed by atoms with van der Waals surface area (Å²) in [7, 11) is 0. The van der Waals surface area contributed by atoms with Crippen LogP contribution >= 0.6 is 0 Å². The van der Waals surface area contributed by atoms with E-state index in [1.165, 1.54) is 6.20 Å². The van der Waals surface area contributed by atoms with E-state index < -0.39 is 6.10 Å². The van der Waals surface area contributed by atoms with Gasteiger partial charge < -0.3 is 15.6 Å². The van der Waals surface area contributed by atoms with Crippen LogP contribution in [0.25, 0.3) is 0 Å². The van der Waals surface area contributed by atoms with Crippen molar-refractivity contribution in [3.05, 3.63) is 41.6 Å². The summed E-state index contributed by atoms with van der Waals surface area (Å²) in [6.07, 6.45) is 0.713. The highest BCUT2D eigenvalue weighted by Gasteiger charge is 2.19. The zero-order valence-electron chi connectivity index (χ0n) is 10.4. The maximum absolute atomic E-state index is 10.3. The highest BCUT2D eigenvalue weighted by atomic mass is 16.5. The number of aliphatic hydroxyl groups is 1. The number of nitrogens with one attached hydrogen (secondary N) is 1. The van der Waals surface area contributed by atoms with Gasteiger partial charge in [0.25, 0.3) is 0 Å². The Labute approximate surface area is 106 Å². The van der Waals surface area contributed by atoms with Gasteiger partial charge in [-0.15, -0.1) is 0 Å². The molecule has 0 amide bonds. The van der Waals surface area contributed by atoms with E-state index in [2.05, 4.69) is 10.2 Å². The molecule has 4 N–H and O–H groups in total. The SMILES string of the molecule is CC(C)Oc1ccccc1C(O)c1cn[nH]c1N. The minimum atomic E-state index is -0.848. The zero-order chi connectivity index (χ0) is 13.1. The van der Waals surface area contributed by atoms with Gasteiger partial charge >= 0.3 is 0 Å². The quantitative estimate of drug-likeness (QED) is 0.770. The Morgan fingerprint density at radius 1 is 1.28 bits per heavy atom. The number of anilines is 1. The number of nitrogens with zero attached hydrogens (tertiary/aromatic N) is 1. The molecule has 96 valence electrons. The van der Waals surface area contributed by atoms with Crippen molar-refractivity contribution in [2.75, 3.05) is 5.73 Å². The minimum Gasteiger partial charge on any atom is -0.491 e. The van der Waals surface area contributed by atoms with Gasteiger partial charge in [-0.2, -0.15) is 5.10 Å². The number of para-hydroxylation sites is 1. The first kappa shape index (κ1) is 12.4. The zero-order valence-corrected chi connectivity index (χ0v) is 10.4. The lowest BCUT2D eigenvalue weighted by Crippen LogP contribution is -2.10. The number of nitrogens with two attached hydrogens (primary N) is 1. The van der Waals surface area contributed by atoms with E-state index in [4.69, 9.17) is 10.5 Å². The van der Waals surface area contributed by atoms with E-state index in [0.717, 1.165) is 0 Å². The summed E-state index contributed by atoms with van der Waals surface area (Å²) in [5, 5.41) is 16.7. The third kappa shape index (κ3) is 2.46. The molecule has 0 fully saturated rings. The Morgan fingerprint density at radius 3 is 2.61 bits per heavy atom. The summed E-state index contributed by atoms with van der Waals surface area (Å²) in [6.45, 7) is 3.88. The van der Waals surface area contributed by atoms with Crippen molar-refractivity contribution in [1.29, 1.82) is 0 Å². The van der Waals surface area contributed by atoms with Gasteiger partial charge in [0.05, 0.1) is 12.3 Å². The molecule has 0 radical (unpaired) electrons. The first-order valence-electron chi connectivity index (χ1n) is 5.82. The molecule has 0 aliphatic rings. The van der Waals surface area contributed by atoms with Crippen LogP contribution in [0, 0.1) is 0 Å². The van der Waals surface area contributed by atoms with Crippen molar-refractivity contribution in [2.24, 2.45) is 0 Å². The van der Waals surface area contributed by atoms with Crippen molar-refractivity contribution < 1.29 is 9.84 Å². The number of aromatic nitrogens is 2. The van der Waals surface area contributed by atoms with Gasteiger partial charge in [0.1, 0.15) is 17.7 Å². The highest BCUT2D eigenvalue weighted by molar-refractivity contribution is 5.47. The Bertz CT molecular complexity index is 522. The third-order valence-corrected chi connectivity index (χ3v) is 2.57. The molecular weight excluding hydrogens is 230 g/mol. The molecule has 1 unspecified atom stereocenters.